The molecule has 0 aromatic heterocycles. The smallest absolute Gasteiger partial charge is 0.342 e. The maximum absolute atomic E-state index is 11.4. The van der Waals surface area contributed by atoms with Gasteiger partial charge in [0.25, 0.3) is 0 Å². The number of fused-ring (bicyclic) bond motifs is 1. The second-order valence-electron chi connectivity index (χ2n) is 3.63. The molecule has 0 saturated heterocycles. The summed E-state index contributed by atoms with van der Waals surface area (Å²) >= 11 is 0. The molecule has 1 N–H and O–H groups in total. The van der Waals surface area contributed by atoms with Crippen LogP contribution in [-0.2, 0) is 20.9 Å². The molecule has 19 heavy (non-hydrogen) atoms. The zero-order valence-electron chi connectivity index (χ0n) is 11.3. The third-order valence-corrected chi connectivity index (χ3v) is 2.47. The topological polar surface area (TPSA) is 74.2 Å². The van der Waals surface area contributed by atoms with Crippen LogP contribution in [0.3, 0.4) is 0 Å². The Morgan fingerprint density at radius 2 is 2.05 bits per heavy atom. The zero-order chi connectivity index (χ0) is 14.3. The molecule has 0 atom stereocenters. The van der Waals surface area contributed by atoms with Gasteiger partial charge in [-0.2, -0.15) is 0 Å². The first-order valence-electron chi connectivity index (χ1n) is 5.86. The number of rotatable bonds is 3. The Hall–Kier alpha value is -1.79. The van der Waals surface area contributed by atoms with E-state index < -0.39 is 5.97 Å². The molecule has 0 unspecified atom stereocenters. The number of hydrogen-bond donors (Lipinski definition) is 1. The molecular formula is C13H18O6. The number of carbonyl (C=O) groups excluding carboxylic acids is 1. The summed E-state index contributed by atoms with van der Waals surface area (Å²) in [5.74, 6) is 0.0989. The van der Waals surface area contributed by atoms with Crippen molar-refractivity contribution in [3.63, 3.8) is 0 Å². The predicted molar refractivity (Wildman–Crippen MR) is 67.3 cm³/mol. The summed E-state index contributed by atoms with van der Waals surface area (Å²) in [6.07, 6.45) is 0.770. The van der Waals surface area contributed by atoms with E-state index in [1.807, 2.05) is 0 Å². The van der Waals surface area contributed by atoms with Crippen molar-refractivity contribution in [1.82, 2.24) is 0 Å². The minimum atomic E-state index is -0.520. The Bertz CT molecular complexity index is 427. The third-order valence-electron chi connectivity index (χ3n) is 2.47. The molecule has 6 nitrogen and oxygen atoms in total. The van der Waals surface area contributed by atoms with Crippen LogP contribution in [-0.4, -0.2) is 38.5 Å². The highest BCUT2D eigenvalue weighted by molar-refractivity contribution is 5.93. The monoisotopic (exact) mass is 270 g/mol. The van der Waals surface area contributed by atoms with Crippen LogP contribution in [0.2, 0.25) is 0 Å². The average molecular weight is 270 g/mol. The first-order valence-corrected chi connectivity index (χ1v) is 5.86. The van der Waals surface area contributed by atoms with Gasteiger partial charge in [0, 0.05) is 12.0 Å². The van der Waals surface area contributed by atoms with Gasteiger partial charge in [-0.05, 0) is 19.1 Å². The van der Waals surface area contributed by atoms with Crippen molar-refractivity contribution < 1.29 is 29.1 Å². The van der Waals surface area contributed by atoms with Crippen LogP contribution in [0.1, 0.15) is 22.8 Å². The van der Waals surface area contributed by atoms with Gasteiger partial charge in [0.1, 0.15) is 17.1 Å². The standard InChI is InChI=1S/C11H12O4.C2H6O2/c1-2-14-11(13)8-6-10-7(3-4-15-10)5-9(8)12;1-3-4-2/h5-6,12H,2-4H2,1H3;1-2H3. The van der Waals surface area contributed by atoms with E-state index in [1.54, 1.807) is 13.0 Å². The molecule has 1 heterocycles. The van der Waals surface area contributed by atoms with Gasteiger partial charge in [-0.25, -0.2) is 14.6 Å². The van der Waals surface area contributed by atoms with Gasteiger partial charge in [-0.15, -0.1) is 0 Å². The van der Waals surface area contributed by atoms with Crippen LogP contribution in [0.4, 0.5) is 0 Å². The molecule has 1 aromatic carbocycles. The Balaban J connectivity index is 0.000000399. The number of ether oxygens (including phenoxy) is 2. The lowest BCUT2D eigenvalue weighted by molar-refractivity contribution is -0.248. The first-order chi connectivity index (χ1) is 9.13. The molecule has 1 aliphatic rings. The lowest BCUT2D eigenvalue weighted by atomic mass is 10.1. The lowest BCUT2D eigenvalue weighted by Gasteiger charge is -2.06. The largest absolute Gasteiger partial charge is 0.507 e. The summed E-state index contributed by atoms with van der Waals surface area (Å²) in [7, 11) is 2.92. The molecule has 1 aromatic rings. The second kappa shape index (κ2) is 7.60. The molecule has 2 rings (SSSR count). The fourth-order valence-corrected chi connectivity index (χ4v) is 1.58. The molecule has 6 heteroatoms. The van der Waals surface area contributed by atoms with Gasteiger partial charge in [-0.1, -0.05) is 0 Å². The van der Waals surface area contributed by atoms with E-state index in [1.165, 1.54) is 20.3 Å². The van der Waals surface area contributed by atoms with Gasteiger partial charge in [0.05, 0.1) is 27.4 Å². The normalized spacial score (nSPS) is 11.9. The summed E-state index contributed by atoms with van der Waals surface area (Å²) in [5, 5.41) is 9.62. The number of aromatic hydroxyl groups is 1. The van der Waals surface area contributed by atoms with Gasteiger partial charge >= 0.3 is 5.97 Å². The minimum absolute atomic E-state index is 0.0438. The predicted octanol–water partition coefficient (Wildman–Crippen LogP) is 1.70. The van der Waals surface area contributed by atoms with E-state index >= 15 is 0 Å². The van der Waals surface area contributed by atoms with Crippen molar-refractivity contribution in [2.75, 3.05) is 27.4 Å². The Morgan fingerprint density at radius 1 is 1.37 bits per heavy atom. The number of phenols is 1. The zero-order valence-corrected chi connectivity index (χ0v) is 11.3. The number of phenolic OH excluding ortho intramolecular Hbond substituents is 1. The highest BCUT2D eigenvalue weighted by Crippen LogP contribution is 2.32. The van der Waals surface area contributed by atoms with Crippen molar-refractivity contribution in [2.24, 2.45) is 0 Å². The fraction of sp³-hybridized carbons (Fsp3) is 0.462. The van der Waals surface area contributed by atoms with E-state index in [0.717, 1.165) is 12.0 Å². The molecule has 0 bridgehead atoms. The Labute approximate surface area is 111 Å². The van der Waals surface area contributed by atoms with Crippen LogP contribution in [0, 0.1) is 0 Å². The number of benzene rings is 1. The quantitative estimate of drug-likeness (QED) is 0.512. The van der Waals surface area contributed by atoms with E-state index in [9.17, 15) is 9.90 Å². The van der Waals surface area contributed by atoms with E-state index in [0.29, 0.717) is 12.4 Å². The molecular weight excluding hydrogens is 252 g/mol. The van der Waals surface area contributed by atoms with Crippen LogP contribution < -0.4 is 4.74 Å². The van der Waals surface area contributed by atoms with Gasteiger partial charge in [0.15, 0.2) is 0 Å². The number of hydrogen-bond acceptors (Lipinski definition) is 6. The van der Waals surface area contributed by atoms with Gasteiger partial charge in [0.2, 0.25) is 0 Å². The van der Waals surface area contributed by atoms with Crippen LogP contribution in [0.25, 0.3) is 0 Å². The molecule has 0 fully saturated rings. The molecule has 0 saturated carbocycles. The van der Waals surface area contributed by atoms with Crippen LogP contribution >= 0.6 is 0 Å². The van der Waals surface area contributed by atoms with Crippen LogP contribution in [0.15, 0.2) is 12.1 Å². The van der Waals surface area contributed by atoms with E-state index in [2.05, 4.69) is 9.78 Å². The van der Waals surface area contributed by atoms with Crippen LogP contribution in [0.5, 0.6) is 11.5 Å². The maximum Gasteiger partial charge on any atom is 0.342 e. The number of carbonyl (C=O) groups is 1. The third kappa shape index (κ3) is 4.11. The summed E-state index contributed by atoms with van der Waals surface area (Å²) in [5.41, 5.74) is 1.10. The Kier molecular flexibility index (Phi) is 6.11. The van der Waals surface area contributed by atoms with Gasteiger partial charge < -0.3 is 14.6 Å². The summed E-state index contributed by atoms with van der Waals surface area (Å²) in [4.78, 5) is 19.5. The highest BCUT2D eigenvalue weighted by Gasteiger charge is 2.19. The molecule has 0 radical (unpaired) electrons. The molecule has 106 valence electrons. The van der Waals surface area contributed by atoms with Crippen molar-refractivity contribution in [3.05, 3.63) is 23.3 Å². The first kappa shape index (κ1) is 15.3. The van der Waals surface area contributed by atoms with Crippen molar-refractivity contribution in [1.29, 1.82) is 0 Å². The molecule has 0 spiro atoms. The van der Waals surface area contributed by atoms with E-state index in [4.69, 9.17) is 9.47 Å². The summed E-state index contributed by atoms with van der Waals surface area (Å²) in [6, 6.07) is 3.10. The van der Waals surface area contributed by atoms with Crippen molar-refractivity contribution >= 4 is 5.97 Å². The maximum atomic E-state index is 11.4. The summed E-state index contributed by atoms with van der Waals surface area (Å²) < 4.78 is 10.1. The van der Waals surface area contributed by atoms with Gasteiger partial charge in [-0.3, -0.25) is 0 Å². The minimum Gasteiger partial charge on any atom is -0.507 e. The highest BCUT2D eigenvalue weighted by atomic mass is 17.2. The molecule has 0 amide bonds. The average Bonchev–Trinajstić information content (AvgIpc) is 2.85. The SMILES string of the molecule is CCOC(=O)c1cc2c(cc1O)CCO2.COOC. The van der Waals surface area contributed by atoms with E-state index in [-0.39, 0.29) is 17.9 Å². The fourth-order valence-electron chi connectivity index (χ4n) is 1.58. The summed E-state index contributed by atoms with van der Waals surface area (Å²) in [6.45, 7) is 2.61. The van der Waals surface area contributed by atoms with Crippen molar-refractivity contribution in [2.45, 2.75) is 13.3 Å². The second-order valence-corrected chi connectivity index (χ2v) is 3.63. The Morgan fingerprint density at radius 3 is 2.63 bits per heavy atom. The molecule has 1 aliphatic heterocycles. The van der Waals surface area contributed by atoms with Crippen molar-refractivity contribution in [3.8, 4) is 11.5 Å². The molecule has 0 aliphatic carbocycles. The lowest BCUT2D eigenvalue weighted by Crippen LogP contribution is -2.05. The number of esters is 1.